The quantitative estimate of drug-likeness (QED) is 0.793. The van der Waals surface area contributed by atoms with Crippen molar-refractivity contribution >= 4 is 5.69 Å². The highest BCUT2D eigenvalue weighted by atomic mass is 19.1. The molecule has 0 N–H and O–H groups in total. The lowest BCUT2D eigenvalue weighted by atomic mass is 10.1. The van der Waals surface area contributed by atoms with Crippen molar-refractivity contribution in [1.82, 2.24) is 4.98 Å². The van der Waals surface area contributed by atoms with Crippen LogP contribution in [0, 0.1) is 11.6 Å². The van der Waals surface area contributed by atoms with Crippen molar-refractivity contribution < 1.29 is 8.78 Å². The van der Waals surface area contributed by atoms with Crippen molar-refractivity contribution in [3.8, 4) is 11.3 Å². The van der Waals surface area contributed by atoms with Gasteiger partial charge in [0.05, 0.1) is 17.6 Å². The summed E-state index contributed by atoms with van der Waals surface area (Å²) in [4.78, 5) is 6.06. The maximum atomic E-state index is 13.5. The summed E-state index contributed by atoms with van der Waals surface area (Å²) >= 11 is 0. The summed E-state index contributed by atoms with van der Waals surface area (Å²) in [6, 6.07) is 7.02. The van der Waals surface area contributed by atoms with Gasteiger partial charge in [0.1, 0.15) is 11.6 Å². The van der Waals surface area contributed by atoms with Gasteiger partial charge in [-0.25, -0.2) is 8.78 Å². The molecular formula is C13H12F2N2. The zero-order valence-corrected chi connectivity index (χ0v) is 9.61. The van der Waals surface area contributed by atoms with Crippen LogP contribution in [0.2, 0.25) is 0 Å². The second-order valence-electron chi connectivity index (χ2n) is 3.92. The molecule has 1 aromatic heterocycles. The molecule has 88 valence electrons. The Kier molecular flexibility index (Phi) is 3.04. The molecule has 2 nitrogen and oxygen atoms in total. The Bertz CT molecular complexity index is 521. The van der Waals surface area contributed by atoms with Crippen LogP contribution in [0.5, 0.6) is 0 Å². The highest BCUT2D eigenvalue weighted by molar-refractivity contribution is 5.61. The third-order valence-electron chi connectivity index (χ3n) is 2.47. The van der Waals surface area contributed by atoms with E-state index in [-0.39, 0.29) is 0 Å². The molecular weight excluding hydrogens is 222 g/mol. The number of aromatic nitrogens is 1. The van der Waals surface area contributed by atoms with E-state index in [0.717, 1.165) is 11.8 Å². The Morgan fingerprint density at radius 3 is 2.35 bits per heavy atom. The van der Waals surface area contributed by atoms with Crippen LogP contribution in [0.25, 0.3) is 11.3 Å². The highest BCUT2D eigenvalue weighted by Gasteiger charge is 2.07. The standard InChI is InChI=1S/C13H12F2N2/c1-17(2)10-4-6-13(16-8-10)11-5-3-9(14)7-12(11)15/h3-8H,1-2H3. The minimum absolute atomic E-state index is 0.303. The van der Waals surface area contributed by atoms with E-state index >= 15 is 0 Å². The molecule has 0 fully saturated rings. The first-order valence-electron chi connectivity index (χ1n) is 5.17. The minimum atomic E-state index is -0.602. The van der Waals surface area contributed by atoms with E-state index in [1.54, 1.807) is 12.3 Å². The number of nitrogens with zero attached hydrogens (tertiary/aromatic N) is 2. The predicted molar refractivity (Wildman–Crippen MR) is 63.9 cm³/mol. The summed E-state index contributed by atoms with van der Waals surface area (Å²) < 4.78 is 26.3. The molecule has 0 radical (unpaired) electrons. The van der Waals surface area contributed by atoms with Crippen LogP contribution in [0.15, 0.2) is 36.5 Å². The van der Waals surface area contributed by atoms with Gasteiger partial charge in [-0.3, -0.25) is 4.98 Å². The van der Waals surface area contributed by atoms with Crippen LogP contribution in [0.4, 0.5) is 14.5 Å². The summed E-state index contributed by atoms with van der Waals surface area (Å²) in [7, 11) is 3.80. The molecule has 0 aliphatic heterocycles. The van der Waals surface area contributed by atoms with Gasteiger partial charge < -0.3 is 4.90 Å². The van der Waals surface area contributed by atoms with Crippen LogP contribution < -0.4 is 4.90 Å². The molecule has 2 rings (SSSR count). The van der Waals surface area contributed by atoms with Crippen molar-refractivity contribution in [1.29, 1.82) is 0 Å². The van der Waals surface area contributed by atoms with Gasteiger partial charge in [0.2, 0.25) is 0 Å². The number of anilines is 1. The molecule has 0 saturated heterocycles. The fourth-order valence-corrected chi connectivity index (χ4v) is 1.51. The summed E-state index contributed by atoms with van der Waals surface area (Å²) in [5.41, 5.74) is 1.72. The molecule has 1 heterocycles. The van der Waals surface area contributed by atoms with E-state index in [9.17, 15) is 8.78 Å². The third-order valence-corrected chi connectivity index (χ3v) is 2.47. The molecule has 4 heteroatoms. The van der Waals surface area contributed by atoms with E-state index in [0.29, 0.717) is 11.3 Å². The third kappa shape index (κ3) is 2.41. The van der Waals surface area contributed by atoms with Gasteiger partial charge in [-0.05, 0) is 24.3 Å². The van der Waals surface area contributed by atoms with Gasteiger partial charge in [-0.2, -0.15) is 0 Å². The number of benzene rings is 1. The van der Waals surface area contributed by atoms with E-state index in [2.05, 4.69) is 4.98 Å². The van der Waals surface area contributed by atoms with Crippen LogP contribution in [0.3, 0.4) is 0 Å². The second-order valence-corrected chi connectivity index (χ2v) is 3.92. The van der Waals surface area contributed by atoms with Crippen molar-refractivity contribution in [2.24, 2.45) is 0 Å². The predicted octanol–water partition coefficient (Wildman–Crippen LogP) is 3.09. The summed E-state index contributed by atoms with van der Waals surface area (Å²) in [6.07, 6.45) is 1.65. The Hall–Kier alpha value is -1.97. The Morgan fingerprint density at radius 2 is 1.82 bits per heavy atom. The number of rotatable bonds is 2. The first-order chi connectivity index (χ1) is 8.08. The topological polar surface area (TPSA) is 16.1 Å². The zero-order valence-electron chi connectivity index (χ0n) is 9.61. The largest absolute Gasteiger partial charge is 0.376 e. The van der Waals surface area contributed by atoms with Gasteiger partial charge in [0.15, 0.2) is 0 Å². The molecule has 0 bridgehead atoms. The number of pyridine rings is 1. The number of halogens is 2. The summed E-state index contributed by atoms with van der Waals surface area (Å²) in [5.74, 6) is -1.19. The van der Waals surface area contributed by atoms with E-state index in [4.69, 9.17) is 0 Å². The van der Waals surface area contributed by atoms with E-state index in [1.165, 1.54) is 12.1 Å². The summed E-state index contributed by atoms with van der Waals surface area (Å²) in [5, 5.41) is 0. The van der Waals surface area contributed by atoms with Crippen molar-refractivity contribution in [2.75, 3.05) is 19.0 Å². The first kappa shape index (κ1) is 11.5. The van der Waals surface area contributed by atoms with Crippen molar-refractivity contribution in [3.05, 3.63) is 48.2 Å². The van der Waals surface area contributed by atoms with E-state index in [1.807, 2.05) is 25.1 Å². The van der Waals surface area contributed by atoms with Crippen molar-refractivity contribution in [2.45, 2.75) is 0 Å². The molecule has 0 amide bonds. The first-order valence-corrected chi connectivity index (χ1v) is 5.17. The van der Waals surface area contributed by atoms with Gasteiger partial charge in [0, 0.05) is 25.7 Å². The van der Waals surface area contributed by atoms with Gasteiger partial charge in [-0.15, -0.1) is 0 Å². The molecule has 0 unspecified atom stereocenters. The van der Waals surface area contributed by atoms with Gasteiger partial charge in [0.25, 0.3) is 0 Å². The molecule has 0 spiro atoms. The fourth-order valence-electron chi connectivity index (χ4n) is 1.51. The van der Waals surface area contributed by atoms with Gasteiger partial charge >= 0.3 is 0 Å². The lowest BCUT2D eigenvalue weighted by molar-refractivity contribution is 0.585. The SMILES string of the molecule is CN(C)c1ccc(-c2ccc(F)cc2F)nc1. The molecule has 0 aliphatic rings. The van der Waals surface area contributed by atoms with Gasteiger partial charge in [-0.1, -0.05) is 0 Å². The Morgan fingerprint density at radius 1 is 1.06 bits per heavy atom. The lowest BCUT2D eigenvalue weighted by Gasteiger charge is -2.12. The lowest BCUT2D eigenvalue weighted by Crippen LogP contribution is -2.08. The molecule has 2 aromatic rings. The number of hydrogen-bond donors (Lipinski definition) is 0. The monoisotopic (exact) mass is 234 g/mol. The molecule has 0 aliphatic carbocycles. The minimum Gasteiger partial charge on any atom is -0.376 e. The van der Waals surface area contributed by atoms with Crippen LogP contribution >= 0.6 is 0 Å². The zero-order chi connectivity index (χ0) is 12.4. The number of hydrogen-bond acceptors (Lipinski definition) is 2. The molecule has 17 heavy (non-hydrogen) atoms. The molecule has 1 aromatic carbocycles. The molecule has 0 atom stereocenters. The Labute approximate surface area is 98.5 Å². The van der Waals surface area contributed by atoms with Crippen molar-refractivity contribution in [3.63, 3.8) is 0 Å². The highest BCUT2D eigenvalue weighted by Crippen LogP contribution is 2.22. The van der Waals surface area contributed by atoms with E-state index < -0.39 is 11.6 Å². The smallest absolute Gasteiger partial charge is 0.135 e. The average molecular weight is 234 g/mol. The fraction of sp³-hybridized carbons (Fsp3) is 0.154. The molecule has 0 saturated carbocycles. The van der Waals surface area contributed by atoms with Crippen LogP contribution in [-0.2, 0) is 0 Å². The van der Waals surface area contributed by atoms with Crippen LogP contribution in [-0.4, -0.2) is 19.1 Å². The maximum Gasteiger partial charge on any atom is 0.135 e. The normalized spacial score (nSPS) is 10.4. The maximum absolute atomic E-state index is 13.5. The Balaban J connectivity index is 2.40. The van der Waals surface area contributed by atoms with Crippen LogP contribution in [0.1, 0.15) is 0 Å². The second kappa shape index (κ2) is 4.49. The average Bonchev–Trinajstić information content (AvgIpc) is 2.29. The summed E-state index contributed by atoms with van der Waals surface area (Å²) in [6.45, 7) is 0.